The lowest BCUT2D eigenvalue weighted by molar-refractivity contribution is -0.0577. The summed E-state index contributed by atoms with van der Waals surface area (Å²) in [5.74, 6) is 0.417. The maximum absolute atomic E-state index is 13.4. The summed E-state index contributed by atoms with van der Waals surface area (Å²) in [6.45, 7) is 9.68. The van der Waals surface area contributed by atoms with Crippen molar-refractivity contribution >= 4 is 33.2 Å². The number of aryl methyl sites for hydroxylation is 1. The maximum Gasteiger partial charge on any atom is 0.264 e. The largest absolute Gasteiger partial charge is 0.490 e. The van der Waals surface area contributed by atoms with Gasteiger partial charge in [-0.1, -0.05) is 50.6 Å². The van der Waals surface area contributed by atoms with Gasteiger partial charge in [-0.15, -0.1) is 0 Å². The Labute approximate surface area is 273 Å². The molecule has 0 radical (unpaired) electrons. The minimum atomic E-state index is -3.94. The highest BCUT2D eigenvalue weighted by atomic mass is 35.5. The highest BCUT2D eigenvalue weighted by Crippen LogP contribution is 2.49. The number of nitrogens with one attached hydrogen (secondary N) is 1. The highest BCUT2D eigenvalue weighted by molar-refractivity contribution is 7.90. The van der Waals surface area contributed by atoms with Crippen molar-refractivity contribution in [1.82, 2.24) is 4.72 Å². The SMILES string of the molecule is CC(C)C[C@]1(O)/C=C/C[C@H](C)[C@@H](C)S(=O)(=O)NC(=O)c2ccc3c(c2)N(C[C@@H]2CC[C@H]21)C[C@@]1(CCCc2cc(Cl)ccc21)CO3. The second-order valence-electron chi connectivity index (χ2n) is 14.6. The van der Waals surface area contributed by atoms with Crippen LogP contribution in [0.15, 0.2) is 48.6 Å². The van der Waals surface area contributed by atoms with E-state index in [1.54, 1.807) is 25.1 Å². The fourth-order valence-electron chi connectivity index (χ4n) is 8.25. The Balaban J connectivity index is 1.45. The zero-order valence-electron chi connectivity index (χ0n) is 26.9. The quantitative estimate of drug-likeness (QED) is 0.352. The first-order chi connectivity index (χ1) is 21.3. The minimum absolute atomic E-state index is 0.0769. The molecule has 9 heteroatoms. The standard InChI is InChI=1S/C36H47ClN2O5S/c1-23(2)19-36(41)16-5-7-24(3)25(4)45(42,43)38-34(40)27-10-14-33-32(18-27)39(20-28-9-12-31(28)36)21-35(22-44-33)15-6-8-26-17-29(37)11-13-30(26)35/h5,10-11,13-14,16-18,23-25,28,31,41H,6-9,12,15,19-22H2,1-4H3,(H,38,40)/b16-5+/t24-,25+,28-,31+,35-,36+/m0/s1. The molecule has 2 aliphatic carbocycles. The number of nitrogens with zero attached hydrogens (tertiary/aromatic N) is 1. The summed E-state index contributed by atoms with van der Waals surface area (Å²) in [5.41, 5.74) is 2.33. The van der Waals surface area contributed by atoms with Gasteiger partial charge in [-0.25, -0.2) is 13.1 Å². The van der Waals surface area contributed by atoms with E-state index in [0.29, 0.717) is 44.2 Å². The minimum Gasteiger partial charge on any atom is -0.490 e. The van der Waals surface area contributed by atoms with Gasteiger partial charge in [-0.2, -0.15) is 0 Å². The van der Waals surface area contributed by atoms with E-state index < -0.39 is 26.8 Å². The van der Waals surface area contributed by atoms with Crippen LogP contribution in [0.5, 0.6) is 5.75 Å². The van der Waals surface area contributed by atoms with Crippen LogP contribution in [0.4, 0.5) is 5.69 Å². The molecule has 1 amide bonds. The lowest BCUT2D eigenvalue weighted by Gasteiger charge is -2.49. The third kappa shape index (κ3) is 6.27. The zero-order valence-corrected chi connectivity index (χ0v) is 28.5. The van der Waals surface area contributed by atoms with E-state index in [1.165, 1.54) is 11.1 Å². The molecule has 0 saturated heterocycles. The van der Waals surface area contributed by atoms with Crippen LogP contribution in [0.25, 0.3) is 0 Å². The van der Waals surface area contributed by atoms with Crippen LogP contribution in [0.2, 0.25) is 5.02 Å². The molecule has 0 aromatic heterocycles. The predicted molar refractivity (Wildman–Crippen MR) is 180 cm³/mol. The van der Waals surface area contributed by atoms with Crippen LogP contribution in [0, 0.1) is 23.7 Å². The summed E-state index contributed by atoms with van der Waals surface area (Å²) in [6.07, 6.45) is 9.94. The monoisotopic (exact) mass is 654 g/mol. The Kier molecular flexibility index (Phi) is 8.81. The van der Waals surface area contributed by atoms with E-state index >= 15 is 0 Å². The highest BCUT2D eigenvalue weighted by Gasteiger charge is 2.48. The van der Waals surface area contributed by atoms with Crippen molar-refractivity contribution in [1.29, 1.82) is 0 Å². The first kappa shape index (κ1) is 32.4. The number of ether oxygens (including phenoxy) is 1. The van der Waals surface area contributed by atoms with E-state index in [9.17, 15) is 18.3 Å². The fourth-order valence-corrected chi connectivity index (χ4v) is 9.73. The van der Waals surface area contributed by atoms with Gasteiger partial charge in [0.05, 0.1) is 23.1 Å². The molecule has 1 saturated carbocycles. The number of rotatable bonds is 2. The van der Waals surface area contributed by atoms with Crippen LogP contribution in [0.1, 0.15) is 87.7 Å². The van der Waals surface area contributed by atoms with Gasteiger partial charge in [-0.3, -0.25) is 4.79 Å². The molecule has 6 atom stereocenters. The topological polar surface area (TPSA) is 95.9 Å². The van der Waals surface area contributed by atoms with Crippen molar-refractivity contribution in [2.75, 3.05) is 24.6 Å². The normalized spacial score (nSPS) is 33.7. The zero-order chi connectivity index (χ0) is 32.1. The summed E-state index contributed by atoms with van der Waals surface area (Å²) in [5, 5.41) is 12.2. The van der Waals surface area contributed by atoms with E-state index in [4.69, 9.17) is 16.3 Å². The summed E-state index contributed by atoms with van der Waals surface area (Å²) in [7, 11) is -3.94. The maximum atomic E-state index is 13.4. The van der Waals surface area contributed by atoms with Crippen LogP contribution in [-0.2, 0) is 21.9 Å². The average molecular weight is 655 g/mol. The van der Waals surface area contributed by atoms with Crippen LogP contribution in [0.3, 0.4) is 0 Å². The number of carbonyl (C=O) groups excluding carboxylic acids is 1. The van der Waals surface area contributed by atoms with Crippen molar-refractivity contribution in [3.05, 3.63) is 70.3 Å². The van der Waals surface area contributed by atoms with Gasteiger partial charge in [0.1, 0.15) is 5.75 Å². The van der Waals surface area contributed by atoms with Crippen LogP contribution in [-0.4, -0.2) is 50.0 Å². The Bertz CT molecular complexity index is 1590. The number of fused-ring (bicyclic) bond motifs is 4. The van der Waals surface area contributed by atoms with Gasteiger partial charge < -0.3 is 14.7 Å². The average Bonchev–Trinajstić information content (AvgIpc) is 3.10. The van der Waals surface area contributed by atoms with Crippen molar-refractivity contribution in [3.8, 4) is 5.75 Å². The second-order valence-corrected chi connectivity index (χ2v) is 17.1. The molecule has 6 rings (SSSR count). The number of benzene rings is 2. The smallest absolute Gasteiger partial charge is 0.264 e. The number of aliphatic hydroxyl groups is 1. The molecule has 1 spiro atoms. The summed E-state index contributed by atoms with van der Waals surface area (Å²) in [6, 6.07) is 11.4. The Morgan fingerprint density at radius 1 is 1.16 bits per heavy atom. The van der Waals surface area contributed by atoms with Gasteiger partial charge in [0.2, 0.25) is 10.0 Å². The van der Waals surface area contributed by atoms with Gasteiger partial charge in [0.25, 0.3) is 5.91 Å². The molecule has 2 bridgehead atoms. The van der Waals surface area contributed by atoms with Crippen LogP contribution >= 0.6 is 11.6 Å². The van der Waals surface area contributed by atoms with Crippen molar-refractivity contribution in [2.45, 2.75) is 88.9 Å². The first-order valence-corrected chi connectivity index (χ1v) is 18.5. The summed E-state index contributed by atoms with van der Waals surface area (Å²) in [4.78, 5) is 15.8. The van der Waals surface area contributed by atoms with Crippen LogP contribution < -0.4 is 14.4 Å². The summed E-state index contributed by atoms with van der Waals surface area (Å²) >= 11 is 6.43. The second kappa shape index (κ2) is 12.2. The predicted octanol–water partition coefficient (Wildman–Crippen LogP) is 6.66. The Morgan fingerprint density at radius 2 is 1.96 bits per heavy atom. The van der Waals surface area contributed by atoms with E-state index in [1.807, 2.05) is 25.1 Å². The Morgan fingerprint density at radius 3 is 2.69 bits per heavy atom. The molecule has 0 unspecified atom stereocenters. The van der Waals surface area contributed by atoms with Gasteiger partial charge in [-0.05, 0) is 117 Å². The van der Waals surface area contributed by atoms with Gasteiger partial charge in [0.15, 0.2) is 0 Å². The molecule has 4 aliphatic rings. The van der Waals surface area contributed by atoms with E-state index in [0.717, 1.165) is 42.8 Å². The third-order valence-corrected chi connectivity index (χ3v) is 13.1. The number of hydrogen-bond acceptors (Lipinski definition) is 6. The molecule has 45 heavy (non-hydrogen) atoms. The molecular weight excluding hydrogens is 608 g/mol. The van der Waals surface area contributed by atoms with Crippen molar-refractivity contribution in [3.63, 3.8) is 0 Å². The number of hydrogen-bond donors (Lipinski definition) is 2. The lowest BCUT2D eigenvalue weighted by Crippen LogP contribution is -2.52. The first-order valence-electron chi connectivity index (χ1n) is 16.6. The summed E-state index contributed by atoms with van der Waals surface area (Å²) < 4.78 is 35.6. The molecule has 2 aromatic carbocycles. The number of allylic oxidation sites excluding steroid dienone is 1. The number of sulfonamides is 1. The number of anilines is 1. The molecule has 244 valence electrons. The molecular formula is C36H47ClN2O5S. The number of carbonyl (C=O) groups is 1. The van der Waals surface area contributed by atoms with Crippen molar-refractivity contribution in [2.24, 2.45) is 23.7 Å². The van der Waals surface area contributed by atoms with E-state index in [-0.39, 0.29) is 28.7 Å². The number of halogens is 1. The lowest BCUT2D eigenvalue weighted by atomic mass is 9.62. The fraction of sp³-hybridized carbons (Fsp3) is 0.583. The molecule has 2 N–H and O–H groups in total. The van der Waals surface area contributed by atoms with E-state index in [2.05, 4.69) is 35.6 Å². The molecule has 7 nitrogen and oxygen atoms in total. The Hall–Kier alpha value is -2.55. The number of amides is 1. The van der Waals surface area contributed by atoms with Gasteiger partial charge in [0, 0.05) is 29.1 Å². The molecule has 2 aliphatic heterocycles. The molecule has 2 aromatic rings. The van der Waals surface area contributed by atoms with Crippen molar-refractivity contribution < 1.29 is 23.1 Å². The molecule has 1 fully saturated rings. The molecule has 2 heterocycles. The third-order valence-electron chi connectivity index (χ3n) is 11.0. The van der Waals surface area contributed by atoms with Gasteiger partial charge >= 0.3 is 0 Å².